The molecule has 176 valence electrons. The summed E-state index contributed by atoms with van der Waals surface area (Å²) in [5.74, 6) is 0.748. The van der Waals surface area contributed by atoms with Crippen LogP contribution in [-0.4, -0.2) is 47.6 Å². The standard InChI is InChI=1S/C28H36N2O3/c31-20-26(16-22-11-5-2-6-12-22)29-28(33)25(15-21-9-3-1-4-10-21)17-27(32)30-18-23-13-7-8-14-24(23)19-30/h1-6,9-12,23-26,31H,7-8,13-20H2,(H,29,33)/t23-,24+,25-,26-/m1/s1. The molecule has 1 heterocycles. The van der Waals surface area contributed by atoms with Gasteiger partial charge in [-0.15, -0.1) is 0 Å². The highest BCUT2D eigenvalue weighted by Crippen LogP contribution is 2.36. The molecule has 1 saturated heterocycles. The van der Waals surface area contributed by atoms with Gasteiger partial charge in [0.25, 0.3) is 0 Å². The van der Waals surface area contributed by atoms with Crippen molar-refractivity contribution in [2.75, 3.05) is 19.7 Å². The number of benzene rings is 2. The highest BCUT2D eigenvalue weighted by atomic mass is 16.3. The fraction of sp³-hybridized carbons (Fsp3) is 0.500. The highest BCUT2D eigenvalue weighted by Gasteiger charge is 2.37. The van der Waals surface area contributed by atoms with Crippen LogP contribution < -0.4 is 5.32 Å². The van der Waals surface area contributed by atoms with Crippen LogP contribution in [0.5, 0.6) is 0 Å². The summed E-state index contributed by atoms with van der Waals surface area (Å²) in [7, 11) is 0. The fourth-order valence-electron chi connectivity index (χ4n) is 5.48. The molecule has 1 aliphatic heterocycles. The third kappa shape index (κ3) is 6.44. The van der Waals surface area contributed by atoms with Crippen molar-refractivity contribution in [2.24, 2.45) is 17.8 Å². The maximum absolute atomic E-state index is 13.3. The van der Waals surface area contributed by atoms with Gasteiger partial charge in [-0.25, -0.2) is 0 Å². The van der Waals surface area contributed by atoms with Gasteiger partial charge in [-0.3, -0.25) is 9.59 Å². The Morgan fingerprint density at radius 1 is 0.879 bits per heavy atom. The Kier molecular flexibility index (Phi) is 8.16. The lowest BCUT2D eigenvalue weighted by Gasteiger charge is -2.24. The summed E-state index contributed by atoms with van der Waals surface area (Å²) >= 11 is 0. The van der Waals surface area contributed by atoms with Crippen molar-refractivity contribution in [3.63, 3.8) is 0 Å². The molecule has 2 amide bonds. The molecule has 1 aliphatic carbocycles. The molecule has 5 nitrogen and oxygen atoms in total. The van der Waals surface area contributed by atoms with E-state index in [-0.39, 0.29) is 30.9 Å². The second-order valence-corrected chi connectivity index (χ2v) is 9.77. The van der Waals surface area contributed by atoms with Crippen LogP contribution in [0.2, 0.25) is 0 Å². The van der Waals surface area contributed by atoms with E-state index in [0.717, 1.165) is 24.2 Å². The molecule has 2 aliphatic rings. The summed E-state index contributed by atoms with van der Waals surface area (Å²) < 4.78 is 0. The number of aliphatic hydroxyl groups excluding tert-OH is 1. The van der Waals surface area contributed by atoms with Gasteiger partial charge in [0.1, 0.15) is 0 Å². The normalized spacial score (nSPS) is 21.8. The van der Waals surface area contributed by atoms with Gasteiger partial charge in [-0.1, -0.05) is 73.5 Å². The number of fused-ring (bicyclic) bond motifs is 1. The molecule has 4 rings (SSSR count). The molecule has 2 fully saturated rings. The summed E-state index contributed by atoms with van der Waals surface area (Å²) in [5, 5.41) is 12.9. The smallest absolute Gasteiger partial charge is 0.224 e. The molecule has 2 aromatic carbocycles. The molecule has 33 heavy (non-hydrogen) atoms. The molecule has 0 unspecified atom stereocenters. The third-order valence-corrected chi connectivity index (χ3v) is 7.34. The van der Waals surface area contributed by atoms with Gasteiger partial charge in [0.15, 0.2) is 0 Å². The number of carbonyl (C=O) groups is 2. The predicted molar refractivity (Wildman–Crippen MR) is 129 cm³/mol. The van der Waals surface area contributed by atoms with E-state index in [9.17, 15) is 14.7 Å². The molecule has 0 spiro atoms. The zero-order valence-corrected chi connectivity index (χ0v) is 19.4. The number of likely N-dealkylation sites (tertiary alicyclic amines) is 1. The molecule has 0 bridgehead atoms. The van der Waals surface area contributed by atoms with Gasteiger partial charge >= 0.3 is 0 Å². The third-order valence-electron chi connectivity index (χ3n) is 7.34. The fourth-order valence-corrected chi connectivity index (χ4v) is 5.48. The summed E-state index contributed by atoms with van der Waals surface area (Å²) in [6, 6.07) is 19.4. The monoisotopic (exact) mass is 448 g/mol. The van der Waals surface area contributed by atoms with Crippen LogP contribution in [0.3, 0.4) is 0 Å². The number of carbonyl (C=O) groups excluding carboxylic acids is 2. The molecule has 0 aromatic heterocycles. The number of aliphatic hydroxyl groups is 1. The van der Waals surface area contributed by atoms with Crippen molar-refractivity contribution >= 4 is 11.8 Å². The van der Waals surface area contributed by atoms with E-state index in [1.54, 1.807) is 0 Å². The number of hydrogen-bond acceptors (Lipinski definition) is 3. The van der Waals surface area contributed by atoms with E-state index in [4.69, 9.17) is 0 Å². The minimum Gasteiger partial charge on any atom is -0.394 e. The Morgan fingerprint density at radius 2 is 1.42 bits per heavy atom. The van der Waals surface area contributed by atoms with Crippen molar-refractivity contribution in [3.05, 3.63) is 71.8 Å². The first-order valence-electron chi connectivity index (χ1n) is 12.4. The first kappa shape index (κ1) is 23.5. The molecule has 0 radical (unpaired) electrons. The van der Waals surface area contributed by atoms with E-state index in [2.05, 4.69) is 5.32 Å². The second-order valence-electron chi connectivity index (χ2n) is 9.77. The number of amides is 2. The van der Waals surface area contributed by atoms with Gasteiger partial charge < -0.3 is 15.3 Å². The predicted octanol–water partition coefficient (Wildman–Crippen LogP) is 3.60. The lowest BCUT2D eigenvalue weighted by atomic mass is 9.82. The summed E-state index contributed by atoms with van der Waals surface area (Å²) in [6.07, 6.45) is 6.27. The number of nitrogens with one attached hydrogen (secondary N) is 1. The molecule has 2 N–H and O–H groups in total. The van der Waals surface area contributed by atoms with E-state index in [0.29, 0.717) is 24.7 Å². The summed E-state index contributed by atoms with van der Waals surface area (Å²) in [6.45, 7) is 1.55. The Morgan fingerprint density at radius 3 is 1.97 bits per heavy atom. The van der Waals surface area contributed by atoms with E-state index in [1.807, 2.05) is 65.6 Å². The van der Waals surface area contributed by atoms with Crippen molar-refractivity contribution in [3.8, 4) is 0 Å². The quantitative estimate of drug-likeness (QED) is 0.616. The minimum atomic E-state index is -0.452. The maximum atomic E-state index is 13.3. The van der Waals surface area contributed by atoms with E-state index < -0.39 is 5.92 Å². The van der Waals surface area contributed by atoms with Crippen molar-refractivity contribution in [1.82, 2.24) is 10.2 Å². The van der Waals surface area contributed by atoms with Crippen molar-refractivity contribution in [2.45, 2.75) is 51.0 Å². The Balaban J connectivity index is 1.42. The van der Waals surface area contributed by atoms with Gasteiger partial charge in [0, 0.05) is 19.5 Å². The van der Waals surface area contributed by atoms with Crippen LogP contribution in [0.4, 0.5) is 0 Å². The Labute approximate surface area is 197 Å². The topological polar surface area (TPSA) is 69.6 Å². The molecule has 5 heteroatoms. The van der Waals surface area contributed by atoms with Gasteiger partial charge in [-0.2, -0.15) is 0 Å². The van der Waals surface area contributed by atoms with Crippen LogP contribution in [0, 0.1) is 17.8 Å². The van der Waals surface area contributed by atoms with Crippen LogP contribution >= 0.6 is 0 Å². The first-order chi connectivity index (χ1) is 16.1. The number of hydrogen-bond donors (Lipinski definition) is 2. The first-order valence-corrected chi connectivity index (χ1v) is 12.4. The average molecular weight is 449 g/mol. The number of rotatable bonds is 9. The van der Waals surface area contributed by atoms with Crippen molar-refractivity contribution < 1.29 is 14.7 Å². The lowest BCUT2D eigenvalue weighted by Crippen LogP contribution is -2.44. The molecule has 2 aromatic rings. The minimum absolute atomic E-state index is 0.0871. The van der Waals surface area contributed by atoms with Crippen LogP contribution in [0.1, 0.15) is 43.2 Å². The summed E-state index contributed by atoms with van der Waals surface area (Å²) in [4.78, 5) is 28.6. The maximum Gasteiger partial charge on any atom is 0.224 e. The Bertz CT molecular complexity index is 888. The van der Waals surface area contributed by atoms with E-state index in [1.165, 1.54) is 25.7 Å². The van der Waals surface area contributed by atoms with Crippen LogP contribution in [0.25, 0.3) is 0 Å². The Hall–Kier alpha value is -2.66. The zero-order valence-electron chi connectivity index (χ0n) is 19.4. The van der Waals surface area contributed by atoms with Gasteiger partial charge in [-0.05, 0) is 48.6 Å². The van der Waals surface area contributed by atoms with Crippen molar-refractivity contribution in [1.29, 1.82) is 0 Å². The molecular weight excluding hydrogens is 412 g/mol. The number of nitrogens with zero attached hydrogens (tertiary/aromatic N) is 1. The zero-order chi connectivity index (χ0) is 23.0. The van der Waals surface area contributed by atoms with Crippen LogP contribution in [-0.2, 0) is 22.4 Å². The van der Waals surface area contributed by atoms with Gasteiger partial charge in [0.05, 0.1) is 18.6 Å². The van der Waals surface area contributed by atoms with Crippen LogP contribution in [0.15, 0.2) is 60.7 Å². The largest absolute Gasteiger partial charge is 0.394 e. The van der Waals surface area contributed by atoms with E-state index >= 15 is 0 Å². The lowest BCUT2D eigenvalue weighted by molar-refractivity contribution is -0.136. The highest BCUT2D eigenvalue weighted by molar-refractivity contribution is 5.86. The molecule has 1 saturated carbocycles. The average Bonchev–Trinajstić information content (AvgIpc) is 3.29. The SMILES string of the molecule is O=C(N[C@@H](CO)Cc1ccccc1)[C@@H](CC(=O)N1C[C@H]2CCCC[C@H]2C1)Cc1ccccc1. The van der Waals surface area contributed by atoms with Gasteiger partial charge in [0.2, 0.25) is 11.8 Å². The second kappa shape index (κ2) is 11.5. The summed E-state index contributed by atoms with van der Waals surface area (Å²) in [5.41, 5.74) is 2.11. The molecular formula is C28H36N2O3. The molecule has 4 atom stereocenters.